The minimum Gasteiger partial charge on any atom is -0.479 e. The van der Waals surface area contributed by atoms with Crippen LogP contribution in [-0.2, 0) is 9.53 Å². The second-order valence-corrected chi connectivity index (χ2v) is 13.1. The number of nitrogens with zero attached hydrogens (tertiary/aromatic N) is 3. The van der Waals surface area contributed by atoms with E-state index in [2.05, 4.69) is 35.0 Å². The molecule has 1 unspecified atom stereocenters. The van der Waals surface area contributed by atoms with E-state index >= 15 is 0 Å². The van der Waals surface area contributed by atoms with Crippen LogP contribution in [0.5, 0.6) is 0 Å². The number of nitrogens with one attached hydrogen (secondary N) is 1. The number of aryl methyl sites for hydroxylation is 2. The Morgan fingerprint density at radius 1 is 1.10 bits per heavy atom. The van der Waals surface area contributed by atoms with Crippen LogP contribution in [0.2, 0.25) is 5.02 Å². The van der Waals surface area contributed by atoms with E-state index in [1.807, 2.05) is 58.0 Å². The third-order valence-electron chi connectivity index (χ3n) is 7.53. The Labute approximate surface area is 248 Å². The Bertz CT molecular complexity index is 1780. The molecule has 1 fully saturated rings. The highest BCUT2D eigenvalue weighted by molar-refractivity contribution is 7.22. The number of hydrogen-bond acceptors (Lipinski definition) is 6. The molecule has 7 nitrogen and oxygen atoms in total. The fraction of sp³-hybridized carbons (Fsp3) is 0.344. The lowest BCUT2D eigenvalue weighted by atomic mass is 9.91. The molecule has 0 bridgehead atoms. The molecular weight excluding hydrogens is 556 g/mol. The SMILES string of the molecule is Cc1cc2nc(-c3ccc4nc(C)n([C@@H]5CCNC5)c4c3)sc2c(-c2ccc(Cl)cc2)c1C(OC(C)(C)C)C(=O)O. The van der Waals surface area contributed by atoms with Crippen LogP contribution in [0.25, 0.3) is 42.9 Å². The smallest absolute Gasteiger partial charge is 0.337 e. The van der Waals surface area contributed by atoms with Gasteiger partial charge in [0.1, 0.15) is 10.8 Å². The highest BCUT2D eigenvalue weighted by atomic mass is 35.5. The van der Waals surface area contributed by atoms with Crippen molar-refractivity contribution in [2.75, 3.05) is 13.1 Å². The standard InChI is InChI=1S/C32H33ClN4O3S/c1-17-14-24-29(27(19-6-9-21(33)10-7-19)26(17)28(31(38)39)40-32(3,4)5)41-30(36-24)20-8-11-23-25(15-20)37(18(2)35-23)22-12-13-34-16-22/h6-11,14-15,22,28,34H,12-13,16H2,1-5H3,(H,38,39)/t22-,28?/m1/s1. The van der Waals surface area contributed by atoms with Crippen molar-refractivity contribution >= 4 is 50.2 Å². The molecule has 6 rings (SSSR count). The Balaban J connectivity index is 1.57. The summed E-state index contributed by atoms with van der Waals surface area (Å²) in [6, 6.07) is 16.2. The number of thiazole rings is 1. The average molecular weight is 589 g/mol. The van der Waals surface area contributed by atoms with Crippen LogP contribution < -0.4 is 5.32 Å². The molecular formula is C32H33ClN4O3S. The lowest BCUT2D eigenvalue weighted by Gasteiger charge is -2.28. The lowest BCUT2D eigenvalue weighted by molar-refractivity contribution is -0.160. The van der Waals surface area contributed by atoms with E-state index in [0.29, 0.717) is 16.6 Å². The van der Waals surface area contributed by atoms with Crippen molar-refractivity contribution in [2.24, 2.45) is 0 Å². The Hall–Kier alpha value is -3.30. The number of carbonyl (C=O) groups is 1. The minimum absolute atomic E-state index is 0.378. The van der Waals surface area contributed by atoms with Crippen LogP contribution >= 0.6 is 22.9 Å². The van der Waals surface area contributed by atoms with Gasteiger partial charge in [-0.2, -0.15) is 0 Å². The number of imidazole rings is 1. The van der Waals surface area contributed by atoms with Gasteiger partial charge in [0.25, 0.3) is 0 Å². The van der Waals surface area contributed by atoms with Gasteiger partial charge >= 0.3 is 5.97 Å². The summed E-state index contributed by atoms with van der Waals surface area (Å²) >= 11 is 7.81. The Morgan fingerprint density at radius 3 is 2.49 bits per heavy atom. The fourth-order valence-corrected chi connectivity index (χ4v) is 7.08. The predicted molar refractivity (Wildman–Crippen MR) is 166 cm³/mol. The van der Waals surface area contributed by atoms with Crippen LogP contribution in [0.4, 0.5) is 0 Å². The first-order valence-corrected chi connectivity index (χ1v) is 15.0. The Morgan fingerprint density at radius 2 is 1.83 bits per heavy atom. The minimum atomic E-state index is -1.15. The number of aliphatic carboxylic acids is 1. The number of carboxylic acids is 1. The number of rotatable bonds is 6. The third-order valence-corrected chi connectivity index (χ3v) is 8.92. The van der Waals surface area contributed by atoms with Gasteiger partial charge in [0.15, 0.2) is 6.10 Å². The van der Waals surface area contributed by atoms with Crippen molar-refractivity contribution in [1.82, 2.24) is 19.9 Å². The summed E-state index contributed by atoms with van der Waals surface area (Å²) in [6.07, 6.45) is -0.0738. The molecule has 1 aliphatic rings. The van der Waals surface area contributed by atoms with Gasteiger partial charge in [-0.1, -0.05) is 23.7 Å². The number of benzene rings is 3. The number of carboxylic acid groups (broad SMARTS) is 1. The summed E-state index contributed by atoms with van der Waals surface area (Å²) in [5.41, 5.74) is 6.38. The average Bonchev–Trinajstić information content (AvgIpc) is 3.64. The summed E-state index contributed by atoms with van der Waals surface area (Å²) in [5, 5.41) is 15.3. The van der Waals surface area contributed by atoms with E-state index in [1.165, 1.54) is 0 Å². The molecule has 9 heteroatoms. The molecule has 212 valence electrons. The van der Waals surface area contributed by atoms with Crippen molar-refractivity contribution in [3.8, 4) is 21.7 Å². The van der Waals surface area contributed by atoms with Gasteiger partial charge in [0, 0.05) is 34.3 Å². The molecule has 3 heterocycles. The van der Waals surface area contributed by atoms with Crippen LogP contribution in [0, 0.1) is 13.8 Å². The zero-order valence-electron chi connectivity index (χ0n) is 23.8. The summed E-state index contributed by atoms with van der Waals surface area (Å²) < 4.78 is 9.40. The van der Waals surface area contributed by atoms with Crippen molar-refractivity contribution in [3.05, 3.63) is 70.5 Å². The largest absolute Gasteiger partial charge is 0.479 e. The van der Waals surface area contributed by atoms with E-state index in [9.17, 15) is 9.90 Å². The molecule has 0 radical (unpaired) electrons. The molecule has 0 saturated carbocycles. The van der Waals surface area contributed by atoms with Gasteiger partial charge in [-0.15, -0.1) is 11.3 Å². The van der Waals surface area contributed by atoms with Gasteiger partial charge < -0.3 is 19.7 Å². The number of hydrogen-bond donors (Lipinski definition) is 2. The van der Waals surface area contributed by atoms with Crippen LogP contribution in [0.1, 0.15) is 56.3 Å². The number of fused-ring (bicyclic) bond motifs is 2. The number of halogens is 1. The maximum absolute atomic E-state index is 12.6. The predicted octanol–water partition coefficient (Wildman–Crippen LogP) is 7.73. The maximum Gasteiger partial charge on any atom is 0.337 e. The van der Waals surface area contributed by atoms with E-state index in [4.69, 9.17) is 26.3 Å². The lowest BCUT2D eigenvalue weighted by Crippen LogP contribution is -2.28. The molecule has 2 atom stereocenters. The number of ether oxygens (including phenoxy) is 1. The van der Waals surface area contributed by atoms with E-state index in [1.54, 1.807) is 11.3 Å². The topological polar surface area (TPSA) is 89.3 Å². The molecule has 0 spiro atoms. The van der Waals surface area contributed by atoms with Crippen molar-refractivity contribution < 1.29 is 14.6 Å². The first-order valence-electron chi connectivity index (χ1n) is 13.8. The molecule has 5 aromatic rings. The summed E-state index contributed by atoms with van der Waals surface area (Å²) in [5.74, 6) is -0.0168. The molecule has 2 N–H and O–H groups in total. The molecule has 0 aliphatic carbocycles. The van der Waals surface area contributed by atoms with Gasteiger partial charge in [-0.3, -0.25) is 0 Å². The van der Waals surface area contributed by atoms with Crippen molar-refractivity contribution in [1.29, 1.82) is 0 Å². The second kappa shape index (κ2) is 10.5. The van der Waals surface area contributed by atoms with Gasteiger partial charge in [0.05, 0.1) is 26.9 Å². The van der Waals surface area contributed by atoms with Gasteiger partial charge in [-0.25, -0.2) is 14.8 Å². The first kappa shape index (κ1) is 27.8. The highest BCUT2D eigenvalue weighted by Gasteiger charge is 2.32. The summed E-state index contributed by atoms with van der Waals surface area (Å²) in [7, 11) is 0. The third kappa shape index (κ3) is 5.26. The zero-order valence-corrected chi connectivity index (χ0v) is 25.4. The van der Waals surface area contributed by atoms with E-state index in [-0.39, 0.29) is 0 Å². The molecule has 1 aliphatic heterocycles. The van der Waals surface area contributed by atoms with Crippen molar-refractivity contribution in [3.63, 3.8) is 0 Å². The van der Waals surface area contributed by atoms with Crippen molar-refractivity contribution in [2.45, 2.75) is 58.8 Å². The van der Waals surface area contributed by atoms with E-state index in [0.717, 1.165) is 73.8 Å². The summed E-state index contributed by atoms with van der Waals surface area (Å²) in [4.78, 5) is 22.5. The Kier molecular flexibility index (Phi) is 7.14. The molecule has 41 heavy (non-hydrogen) atoms. The van der Waals surface area contributed by atoms with E-state index < -0.39 is 17.7 Å². The van der Waals surface area contributed by atoms with Gasteiger partial charge in [-0.05, 0) is 95.1 Å². The highest BCUT2D eigenvalue weighted by Crippen LogP contribution is 2.44. The zero-order chi connectivity index (χ0) is 29.1. The molecule has 3 aromatic carbocycles. The van der Waals surface area contributed by atoms with Crippen LogP contribution in [-0.4, -0.2) is 44.3 Å². The number of aromatic nitrogens is 3. The monoisotopic (exact) mass is 588 g/mol. The molecule has 0 amide bonds. The fourth-order valence-electron chi connectivity index (χ4n) is 5.83. The normalized spacial score (nSPS) is 16.6. The molecule has 1 saturated heterocycles. The van der Waals surface area contributed by atoms with Crippen LogP contribution in [0.3, 0.4) is 0 Å². The van der Waals surface area contributed by atoms with Crippen LogP contribution in [0.15, 0.2) is 48.5 Å². The second-order valence-electron chi connectivity index (χ2n) is 11.7. The molecule has 2 aromatic heterocycles. The maximum atomic E-state index is 12.6. The van der Waals surface area contributed by atoms with Gasteiger partial charge in [0.2, 0.25) is 0 Å². The summed E-state index contributed by atoms with van der Waals surface area (Å²) in [6.45, 7) is 11.5. The quantitative estimate of drug-likeness (QED) is 0.211. The first-order chi connectivity index (χ1) is 19.5.